The Labute approximate surface area is 396 Å². The van der Waals surface area contributed by atoms with E-state index in [1.165, 1.54) is 0 Å². The van der Waals surface area contributed by atoms with Gasteiger partial charge >= 0.3 is 0 Å². The maximum absolute atomic E-state index is 14.6. The Morgan fingerprint density at radius 1 is 0.618 bits per heavy atom. The molecule has 20 heteroatoms. The average Bonchev–Trinajstić information content (AvgIpc) is 3.79. The molecule has 0 bridgehead atoms. The van der Waals surface area contributed by atoms with Crippen molar-refractivity contribution in [1.29, 1.82) is 0 Å². The molecule has 4 aliphatic heterocycles. The SMILES string of the molecule is C[C@H]([C@H]1C[C@@H](O)[C@](C)(CO[C@H]2O[C@@H](CO)[C@H](O)[C@@H](O)[C@@H]2O)O1)[C@@H]1C(=O)C[C@]2(C)[C@@H]3CC[C@@H]4C(C)(C)[C@@H](O[C@H]5O[C@@H](CO)[C@H](O)[C@@H](O)[C@@H]5O[C@H]5O[C@@H](CO)[C@H](O)[C@@H](O)[C@@H]5O)CC[C@@]45C[C@@]35CC[C@@]12C. The number of hydrogen-bond donors (Lipinski definition) is 12. The van der Waals surface area contributed by atoms with Crippen LogP contribution in [-0.2, 0) is 38.0 Å². The second-order valence-corrected chi connectivity index (χ2v) is 23.7. The fourth-order valence-corrected chi connectivity index (χ4v) is 16.2. The molecular formula is C48H78O20. The highest BCUT2D eigenvalue weighted by molar-refractivity contribution is 5.86. The Bertz CT molecular complexity index is 1840. The zero-order chi connectivity index (χ0) is 49.4. The summed E-state index contributed by atoms with van der Waals surface area (Å²) in [7, 11) is 0. The normalized spacial score (nSPS) is 56.9. The number of ketones is 1. The van der Waals surface area contributed by atoms with Crippen LogP contribution in [0.4, 0.5) is 0 Å². The molecule has 4 heterocycles. The molecule has 9 aliphatic rings. The molecule has 68 heavy (non-hydrogen) atoms. The molecule has 5 aliphatic carbocycles. The molecule has 27 atom stereocenters. The molecule has 12 N–H and O–H groups in total. The first-order valence-corrected chi connectivity index (χ1v) is 24.9. The summed E-state index contributed by atoms with van der Waals surface area (Å²) in [6, 6.07) is 0. The van der Waals surface area contributed by atoms with E-state index in [1.54, 1.807) is 6.92 Å². The first-order valence-electron chi connectivity index (χ1n) is 24.9. The second kappa shape index (κ2) is 18.1. The molecule has 390 valence electrons. The van der Waals surface area contributed by atoms with Crippen LogP contribution in [0.3, 0.4) is 0 Å². The van der Waals surface area contributed by atoms with Crippen molar-refractivity contribution in [1.82, 2.24) is 0 Å². The lowest BCUT2D eigenvalue weighted by Crippen LogP contribution is -2.65. The summed E-state index contributed by atoms with van der Waals surface area (Å²) < 4.78 is 42.4. The summed E-state index contributed by atoms with van der Waals surface area (Å²) in [5, 5.41) is 126. The van der Waals surface area contributed by atoms with Crippen molar-refractivity contribution >= 4 is 5.78 Å². The van der Waals surface area contributed by atoms with Crippen molar-refractivity contribution in [3.05, 3.63) is 0 Å². The highest BCUT2D eigenvalue weighted by Crippen LogP contribution is 2.89. The Morgan fingerprint density at radius 3 is 1.78 bits per heavy atom. The Balaban J connectivity index is 0.885. The van der Waals surface area contributed by atoms with Crippen LogP contribution < -0.4 is 0 Å². The van der Waals surface area contributed by atoms with Gasteiger partial charge in [-0.25, -0.2) is 0 Å². The molecule has 0 aromatic carbocycles. The molecule has 0 amide bonds. The molecule has 20 nitrogen and oxygen atoms in total. The van der Waals surface area contributed by atoms with Gasteiger partial charge in [0.2, 0.25) is 0 Å². The zero-order valence-corrected chi connectivity index (χ0v) is 40.0. The lowest BCUT2D eigenvalue weighted by atomic mass is 9.41. The molecule has 2 spiro atoms. The lowest BCUT2D eigenvalue weighted by molar-refractivity contribution is -0.377. The second-order valence-electron chi connectivity index (χ2n) is 23.7. The van der Waals surface area contributed by atoms with Crippen molar-refractivity contribution in [3.63, 3.8) is 0 Å². The summed E-state index contributed by atoms with van der Waals surface area (Å²) in [6.07, 6.45) is -17.8. The van der Waals surface area contributed by atoms with Gasteiger partial charge in [0.05, 0.1) is 44.7 Å². The molecule has 0 unspecified atom stereocenters. The lowest BCUT2D eigenvalue weighted by Gasteiger charge is -2.63. The Morgan fingerprint density at radius 2 is 1.16 bits per heavy atom. The number of aliphatic hydroxyl groups excluding tert-OH is 12. The molecule has 9 fully saturated rings. The molecule has 4 saturated heterocycles. The number of rotatable bonds is 12. The predicted molar refractivity (Wildman–Crippen MR) is 231 cm³/mol. The molecule has 5 saturated carbocycles. The van der Waals surface area contributed by atoms with Gasteiger partial charge in [0.15, 0.2) is 18.9 Å². The number of fused-ring (bicyclic) bond motifs is 2. The number of ether oxygens (including phenoxy) is 7. The van der Waals surface area contributed by atoms with Crippen LogP contribution in [0, 0.1) is 50.7 Å². The number of carbonyl (C=O) groups is 1. The van der Waals surface area contributed by atoms with Crippen LogP contribution in [0.5, 0.6) is 0 Å². The minimum atomic E-state index is -1.78. The first-order chi connectivity index (χ1) is 31.9. The van der Waals surface area contributed by atoms with Crippen molar-refractivity contribution in [3.8, 4) is 0 Å². The van der Waals surface area contributed by atoms with E-state index in [9.17, 15) is 66.1 Å². The smallest absolute Gasteiger partial charge is 0.187 e. The molecule has 0 aromatic rings. The predicted octanol–water partition coefficient (Wildman–Crippen LogP) is -2.03. The van der Waals surface area contributed by atoms with E-state index in [2.05, 4.69) is 27.7 Å². The van der Waals surface area contributed by atoms with E-state index in [0.717, 1.165) is 38.5 Å². The van der Waals surface area contributed by atoms with E-state index in [4.69, 9.17) is 33.2 Å². The van der Waals surface area contributed by atoms with Gasteiger partial charge < -0.3 is 94.4 Å². The fourth-order valence-electron chi connectivity index (χ4n) is 16.2. The maximum Gasteiger partial charge on any atom is 0.187 e. The summed E-state index contributed by atoms with van der Waals surface area (Å²) in [5.74, 6) is 0.141. The van der Waals surface area contributed by atoms with Gasteiger partial charge in [0.1, 0.15) is 84.6 Å². The van der Waals surface area contributed by atoms with Gasteiger partial charge in [-0.05, 0) is 96.7 Å². The molecule has 9 rings (SSSR count). The number of hydrogen-bond acceptors (Lipinski definition) is 20. The van der Waals surface area contributed by atoms with E-state index >= 15 is 0 Å². The monoisotopic (exact) mass is 975 g/mol. The van der Waals surface area contributed by atoms with Gasteiger partial charge in [-0.2, -0.15) is 0 Å². The third kappa shape index (κ3) is 7.59. The average molecular weight is 975 g/mol. The standard InChI is InChI=1S/C48H78O20/c1-20(22-13-28(53)46(6,68-22)19-62-40-37(60)34(57)31(54)23(15-49)63-40)30-21(52)14-45(5)27-8-7-26-43(2,3)29(9-10-47(26)18-48(27,47)12-11-44(30,45)4)66-42-39(36(59)33(56)25(17-51)65-42)67-41-38(61)35(58)32(55)24(16-50)64-41/h20,22-42,49-51,53-61H,7-19H2,1-6H3/t20-,22-,23+,24+,25+,26-,27+,28-,29+,30-,31+,32+,33+,34-,35-,36-,37+,38+,39+,40+,41-,42-,44+,45-,46+,47-,48+/m1/s1. The van der Waals surface area contributed by atoms with Gasteiger partial charge in [-0.1, -0.05) is 34.6 Å². The number of carbonyl (C=O) groups excluding carboxylic acids is 1. The number of Topliss-reactive ketones (excluding diaryl/α,β-unsaturated/α-hetero) is 1. The minimum absolute atomic E-state index is 0.000792. The van der Waals surface area contributed by atoms with Crippen LogP contribution in [0.15, 0.2) is 0 Å². The van der Waals surface area contributed by atoms with Crippen LogP contribution >= 0.6 is 0 Å². The number of aliphatic hydroxyl groups is 12. The Hall–Kier alpha value is -1.09. The van der Waals surface area contributed by atoms with E-state index in [1.807, 2.05) is 6.92 Å². The van der Waals surface area contributed by atoms with Gasteiger partial charge in [-0.15, -0.1) is 0 Å². The van der Waals surface area contributed by atoms with Crippen LogP contribution in [0.2, 0.25) is 0 Å². The van der Waals surface area contributed by atoms with Crippen LogP contribution in [-0.4, -0.2) is 210 Å². The van der Waals surface area contributed by atoms with E-state index in [-0.39, 0.29) is 64.1 Å². The fraction of sp³-hybridized carbons (Fsp3) is 0.979. The van der Waals surface area contributed by atoms with Crippen molar-refractivity contribution in [2.75, 3.05) is 26.4 Å². The van der Waals surface area contributed by atoms with Gasteiger partial charge in [-0.3, -0.25) is 4.79 Å². The van der Waals surface area contributed by atoms with Gasteiger partial charge in [0.25, 0.3) is 0 Å². The highest BCUT2D eigenvalue weighted by atomic mass is 16.8. The van der Waals surface area contributed by atoms with Crippen molar-refractivity contribution in [2.45, 2.75) is 215 Å². The highest BCUT2D eigenvalue weighted by Gasteiger charge is 2.83. The van der Waals surface area contributed by atoms with Crippen molar-refractivity contribution < 1.29 is 99.2 Å². The van der Waals surface area contributed by atoms with Crippen LogP contribution in [0.25, 0.3) is 0 Å². The third-order valence-corrected chi connectivity index (χ3v) is 20.2. The van der Waals surface area contributed by atoms with E-state index in [0.29, 0.717) is 12.8 Å². The molecule has 0 aromatic heterocycles. The topological polar surface area (TPSA) is 324 Å². The Kier molecular flexibility index (Phi) is 13.8. The zero-order valence-electron chi connectivity index (χ0n) is 40.0. The van der Waals surface area contributed by atoms with Crippen LogP contribution in [0.1, 0.15) is 99.3 Å². The summed E-state index contributed by atoms with van der Waals surface area (Å²) in [5.41, 5.74) is -2.32. The first kappa shape index (κ1) is 51.8. The third-order valence-electron chi connectivity index (χ3n) is 20.2. The molecule has 0 radical (unpaired) electrons. The largest absolute Gasteiger partial charge is 0.394 e. The summed E-state index contributed by atoms with van der Waals surface area (Å²) in [4.78, 5) is 14.6. The maximum atomic E-state index is 14.6. The minimum Gasteiger partial charge on any atom is -0.394 e. The molecular weight excluding hydrogens is 897 g/mol. The summed E-state index contributed by atoms with van der Waals surface area (Å²) in [6.45, 7) is 10.6. The quantitative estimate of drug-likeness (QED) is 0.0939. The van der Waals surface area contributed by atoms with Gasteiger partial charge in [0, 0.05) is 18.8 Å². The van der Waals surface area contributed by atoms with E-state index < -0.39 is 141 Å². The van der Waals surface area contributed by atoms with Crippen molar-refractivity contribution in [2.24, 2.45) is 50.7 Å². The summed E-state index contributed by atoms with van der Waals surface area (Å²) >= 11 is 0.